The van der Waals surface area contributed by atoms with Gasteiger partial charge in [0.25, 0.3) is 0 Å². The van der Waals surface area contributed by atoms with Gasteiger partial charge in [-0.2, -0.15) is 0 Å². The normalized spacial score (nSPS) is 13.1. The second-order valence-electron chi connectivity index (χ2n) is 1.53. The Balaban J connectivity index is 3.43. The summed E-state index contributed by atoms with van der Waals surface area (Å²) in [6.07, 6.45) is 1.84. The molecule has 1 N–H and O–H groups in total. The summed E-state index contributed by atoms with van der Waals surface area (Å²) in [4.78, 5) is 9.56. The number of nitrogens with zero attached hydrogens (tertiary/aromatic N) is 1. The minimum atomic E-state index is -0.322. The van der Waals surface area contributed by atoms with Crippen LogP contribution in [0.2, 0.25) is 0 Å². The monoisotopic (exact) mass is 150 g/mol. The minimum absolute atomic E-state index is 0.0162. The molecule has 0 saturated carbocycles. The van der Waals surface area contributed by atoms with Gasteiger partial charge in [0.05, 0.1) is 0 Å². The van der Waals surface area contributed by atoms with E-state index in [0.29, 0.717) is 0 Å². The summed E-state index contributed by atoms with van der Waals surface area (Å²) in [5.41, 5.74) is 0. The van der Waals surface area contributed by atoms with Crippen molar-refractivity contribution >= 4 is 11.8 Å². The Morgan fingerprint density at radius 2 is 2.44 bits per heavy atom. The number of nitrogens with one attached hydrogen (secondary N) is 1. The van der Waals surface area contributed by atoms with Gasteiger partial charge in [-0.15, -0.1) is 11.8 Å². The molecule has 0 aromatic heterocycles. The van der Waals surface area contributed by atoms with Crippen LogP contribution in [0.3, 0.4) is 0 Å². The lowest BCUT2D eigenvalue weighted by Gasteiger charge is -2.05. The summed E-state index contributed by atoms with van der Waals surface area (Å²) in [6.45, 7) is -0.0162. The average Bonchev–Trinajstić information content (AvgIpc) is 1.82. The van der Waals surface area contributed by atoms with Gasteiger partial charge in [-0.05, 0) is 13.3 Å². The van der Waals surface area contributed by atoms with Gasteiger partial charge < -0.3 is 5.32 Å². The van der Waals surface area contributed by atoms with E-state index in [0.717, 1.165) is 0 Å². The van der Waals surface area contributed by atoms with Crippen LogP contribution in [0.15, 0.2) is 0 Å². The molecule has 0 rings (SSSR count). The van der Waals surface area contributed by atoms with Crippen molar-refractivity contribution in [3.05, 3.63) is 10.1 Å². The smallest absolute Gasteiger partial charge is 0.228 e. The molecule has 0 heterocycles. The molecule has 0 fully saturated rings. The lowest BCUT2D eigenvalue weighted by atomic mass is 10.6. The number of thioether (sulfide) groups is 1. The highest BCUT2D eigenvalue weighted by molar-refractivity contribution is 7.99. The fourth-order valence-electron chi connectivity index (χ4n) is 0.419. The molecule has 1 unspecified atom stereocenters. The molecule has 1 atom stereocenters. The fourth-order valence-corrected chi connectivity index (χ4v) is 0.926. The topological polar surface area (TPSA) is 55.2 Å². The summed E-state index contributed by atoms with van der Waals surface area (Å²) in [5, 5.41) is 12.6. The van der Waals surface area contributed by atoms with Gasteiger partial charge in [0.2, 0.25) is 6.54 Å². The second kappa shape index (κ2) is 4.58. The molecule has 0 aliphatic carbocycles. The van der Waals surface area contributed by atoms with Gasteiger partial charge in [-0.3, -0.25) is 10.1 Å². The predicted octanol–water partition coefficient (Wildman–Crippen LogP) is 0.172. The van der Waals surface area contributed by atoms with Crippen molar-refractivity contribution in [3.63, 3.8) is 0 Å². The van der Waals surface area contributed by atoms with Crippen molar-refractivity contribution in [1.82, 2.24) is 5.32 Å². The first kappa shape index (κ1) is 8.71. The Morgan fingerprint density at radius 3 is 2.56 bits per heavy atom. The molecule has 0 amide bonds. The van der Waals surface area contributed by atoms with Crippen LogP contribution in [-0.4, -0.2) is 30.1 Å². The summed E-state index contributed by atoms with van der Waals surface area (Å²) >= 11 is 1.45. The maximum absolute atomic E-state index is 9.88. The summed E-state index contributed by atoms with van der Waals surface area (Å²) in [6, 6.07) is 0. The fraction of sp³-hybridized carbons (Fsp3) is 1.00. The third kappa shape index (κ3) is 4.23. The Hall–Kier alpha value is -0.290. The Labute approximate surface area is 58.2 Å². The number of hydrogen-bond donors (Lipinski definition) is 1. The van der Waals surface area contributed by atoms with Crippen molar-refractivity contribution < 1.29 is 4.92 Å². The van der Waals surface area contributed by atoms with E-state index in [1.54, 1.807) is 7.05 Å². The molecule has 0 aromatic carbocycles. The van der Waals surface area contributed by atoms with E-state index >= 15 is 0 Å². The molecule has 0 saturated heterocycles. The van der Waals surface area contributed by atoms with E-state index < -0.39 is 0 Å². The Morgan fingerprint density at radius 1 is 1.89 bits per heavy atom. The van der Waals surface area contributed by atoms with Crippen LogP contribution in [0.4, 0.5) is 0 Å². The molecule has 5 heteroatoms. The first-order chi connectivity index (χ1) is 4.20. The first-order valence-corrected chi connectivity index (χ1v) is 3.81. The highest BCUT2D eigenvalue weighted by atomic mass is 32.2. The molecule has 54 valence electrons. The molecule has 0 bridgehead atoms. The van der Waals surface area contributed by atoms with Crippen LogP contribution in [0.1, 0.15) is 0 Å². The van der Waals surface area contributed by atoms with Gasteiger partial charge >= 0.3 is 0 Å². The molecular formula is C4H10N2O2S. The summed E-state index contributed by atoms with van der Waals surface area (Å²) < 4.78 is 0. The zero-order valence-corrected chi connectivity index (χ0v) is 6.27. The standard InChI is InChI=1S/C4H10N2O2S/c1-5-4(9-2)3-6(7)8/h4-5H,3H2,1-2H3. The van der Waals surface area contributed by atoms with E-state index in [9.17, 15) is 10.1 Å². The lowest BCUT2D eigenvalue weighted by Crippen LogP contribution is -2.29. The molecule has 0 radical (unpaired) electrons. The van der Waals surface area contributed by atoms with Gasteiger partial charge in [0, 0.05) is 4.92 Å². The lowest BCUT2D eigenvalue weighted by molar-refractivity contribution is -0.479. The van der Waals surface area contributed by atoms with Crippen LogP contribution in [0.5, 0.6) is 0 Å². The Bertz CT molecular complexity index is 94.6. The van der Waals surface area contributed by atoms with Crippen LogP contribution in [0, 0.1) is 10.1 Å². The predicted molar refractivity (Wildman–Crippen MR) is 38.2 cm³/mol. The zero-order chi connectivity index (χ0) is 7.28. The van der Waals surface area contributed by atoms with E-state index in [4.69, 9.17) is 0 Å². The van der Waals surface area contributed by atoms with Crippen molar-refractivity contribution in [2.75, 3.05) is 19.8 Å². The second-order valence-corrected chi connectivity index (χ2v) is 2.57. The first-order valence-electron chi connectivity index (χ1n) is 2.52. The number of nitro groups is 1. The highest BCUT2D eigenvalue weighted by Gasteiger charge is 2.09. The molecule has 4 nitrogen and oxygen atoms in total. The van der Waals surface area contributed by atoms with Crippen molar-refractivity contribution in [3.8, 4) is 0 Å². The largest absolute Gasteiger partial charge is 0.303 e. The summed E-state index contributed by atoms with van der Waals surface area (Å²) in [5.74, 6) is 0. The van der Waals surface area contributed by atoms with Crippen molar-refractivity contribution in [2.45, 2.75) is 5.37 Å². The maximum Gasteiger partial charge on any atom is 0.228 e. The molecule has 0 aliphatic rings. The zero-order valence-electron chi connectivity index (χ0n) is 5.46. The van der Waals surface area contributed by atoms with Crippen LogP contribution < -0.4 is 5.32 Å². The SMILES string of the molecule is CNC(C[N+](=O)[O-])SC. The minimum Gasteiger partial charge on any atom is -0.303 e. The molecular weight excluding hydrogens is 140 g/mol. The van der Waals surface area contributed by atoms with Gasteiger partial charge in [0.15, 0.2) is 0 Å². The number of rotatable bonds is 4. The molecule has 9 heavy (non-hydrogen) atoms. The van der Waals surface area contributed by atoms with Gasteiger partial charge in [-0.1, -0.05) is 0 Å². The summed E-state index contributed by atoms with van der Waals surface area (Å²) in [7, 11) is 1.71. The van der Waals surface area contributed by atoms with E-state index in [1.807, 2.05) is 6.26 Å². The van der Waals surface area contributed by atoms with E-state index in [1.165, 1.54) is 11.8 Å². The highest BCUT2D eigenvalue weighted by Crippen LogP contribution is 2.00. The van der Waals surface area contributed by atoms with Crippen molar-refractivity contribution in [1.29, 1.82) is 0 Å². The third-order valence-corrected chi connectivity index (χ3v) is 1.88. The van der Waals surface area contributed by atoms with Gasteiger partial charge in [-0.25, -0.2) is 0 Å². The molecule has 0 aromatic rings. The maximum atomic E-state index is 9.88. The third-order valence-electron chi connectivity index (χ3n) is 0.921. The van der Waals surface area contributed by atoms with E-state index in [2.05, 4.69) is 5.32 Å². The van der Waals surface area contributed by atoms with Crippen LogP contribution >= 0.6 is 11.8 Å². The van der Waals surface area contributed by atoms with Crippen molar-refractivity contribution in [2.24, 2.45) is 0 Å². The molecule has 0 spiro atoms. The number of likely N-dealkylation sites (N-methyl/N-ethyl adjacent to an activating group) is 1. The van der Waals surface area contributed by atoms with Crippen LogP contribution in [0.25, 0.3) is 0 Å². The Kier molecular flexibility index (Phi) is 4.43. The molecule has 0 aliphatic heterocycles. The van der Waals surface area contributed by atoms with Gasteiger partial charge in [0.1, 0.15) is 5.37 Å². The van der Waals surface area contributed by atoms with E-state index in [-0.39, 0.29) is 16.8 Å². The van der Waals surface area contributed by atoms with Crippen LogP contribution in [-0.2, 0) is 0 Å². The number of hydrogen-bond acceptors (Lipinski definition) is 4. The quantitative estimate of drug-likeness (QED) is 0.352. The average molecular weight is 150 g/mol.